The molecule has 21 heavy (non-hydrogen) atoms. The minimum Gasteiger partial charge on any atom is -0.409 e. The fourth-order valence-electron chi connectivity index (χ4n) is 1.68. The number of halogens is 2. The maximum absolute atomic E-state index is 13.4. The lowest BCUT2D eigenvalue weighted by Gasteiger charge is -2.09. The maximum atomic E-state index is 13.4. The first kappa shape index (κ1) is 14.8. The van der Waals surface area contributed by atoms with Crippen molar-refractivity contribution in [1.29, 1.82) is 0 Å². The molecule has 1 aromatic heterocycles. The quantitative estimate of drug-likeness (QED) is 0.346. The first-order chi connectivity index (χ1) is 9.95. The minimum atomic E-state index is -0.703. The van der Waals surface area contributed by atoms with Crippen LogP contribution in [-0.4, -0.2) is 26.7 Å². The van der Waals surface area contributed by atoms with E-state index in [-0.39, 0.29) is 27.8 Å². The third kappa shape index (κ3) is 2.79. The molecule has 0 aliphatic heterocycles. The number of anilines is 1. The highest BCUT2D eigenvalue weighted by Gasteiger charge is 2.18. The molecule has 0 radical (unpaired) electrons. The Morgan fingerprint density at radius 3 is 2.90 bits per heavy atom. The number of hydrogen-bond donors (Lipinski definition) is 3. The van der Waals surface area contributed by atoms with Crippen LogP contribution in [0.1, 0.15) is 15.9 Å². The van der Waals surface area contributed by atoms with Gasteiger partial charge >= 0.3 is 0 Å². The molecule has 1 heterocycles. The molecule has 0 aliphatic carbocycles. The van der Waals surface area contributed by atoms with Crippen molar-refractivity contribution >= 4 is 29.2 Å². The van der Waals surface area contributed by atoms with Crippen LogP contribution in [0.4, 0.5) is 10.2 Å². The molecular formula is C12H11ClFN5O2. The summed E-state index contributed by atoms with van der Waals surface area (Å²) in [6.45, 7) is 0. The molecule has 9 heteroatoms. The van der Waals surface area contributed by atoms with E-state index in [0.717, 1.165) is 6.07 Å². The standard InChI is InChI=1S/C12H11ClFN5O2/c1-19-11(7(5-16-19)10(15)18-21)17-12(20)6-3-2-4-8(14)9(6)13/h2-5,21H,1H3,(H2,15,18)(H,17,20). The van der Waals surface area contributed by atoms with Gasteiger partial charge in [0.15, 0.2) is 5.84 Å². The van der Waals surface area contributed by atoms with Gasteiger partial charge in [0.1, 0.15) is 11.6 Å². The van der Waals surface area contributed by atoms with Crippen molar-refractivity contribution in [2.24, 2.45) is 17.9 Å². The summed E-state index contributed by atoms with van der Waals surface area (Å²) < 4.78 is 14.7. The molecule has 0 unspecified atom stereocenters. The smallest absolute Gasteiger partial charge is 0.258 e. The van der Waals surface area contributed by atoms with Crippen LogP contribution in [-0.2, 0) is 7.05 Å². The zero-order chi connectivity index (χ0) is 15.6. The zero-order valence-corrected chi connectivity index (χ0v) is 11.6. The fourth-order valence-corrected chi connectivity index (χ4v) is 1.89. The Hall–Kier alpha value is -2.61. The molecular weight excluding hydrogens is 301 g/mol. The second kappa shape index (κ2) is 5.80. The number of benzene rings is 1. The molecule has 0 saturated heterocycles. The van der Waals surface area contributed by atoms with Gasteiger partial charge in [-0.15, -0.1) is 0 Å². The second-order valence-corrected chi connectivity index (χ2v) is 4.45. The number of amidine groups is 1. The molecule has 110 valence electrons. The predicted molar refractivity (Wildman–Crippen MR) is 75.1 cm³/mol. The molecule has 2 aromatic rings. The van der Waals surface area contributed by atoms with Crippen molar-refractivity contribution in [2.75, 3.05) is 5.32 Å². The van der Waals surface area contributed by atoms with E-state index in [2.05, 4.69) is 15.6 Å². The Morgan fingerprint density at radius 1 is 1.52 bits per heavy atom. The van der Waals surface area contributed by atoms with Crippen molar-refractivity contribution in [2.45, 2.75) is 0 Å². The number of carbonyl (C=O) groups is 1. The number of nitrogens with one attached hydrogen (secondary N) is 1. The summed E-state index contributed by atoms with van der Waals surface area (Å²) in [7, 11) is 1.55. The van der Waals surface area contributed by atoms with E-state index in [4.69, 9.17) is 22.5 Å². The van der Waals surface area contributed by atoms with Crippen LogP contribution in [0, 0.1) is 5.82 Å². The minimum absolute atomic E-state index is 0.0386. The number of hydrogen-bond acceptors (Lipinski definition) is 4. The highest BCUT2D eigenvalue weighted by molar-refractivity contribution is 6.34. The predicted octanol–water partition coefficient (Wildman–Crippen LogP) is 1.56. The van der Waals surface area contributed by atoms with Crippen molar-refractivity contribution in [3.05, 3.63) is 46.4 Å². The van der Waals surface area contributed by atoms with Gasteiger partial charge in [-0.1, -0.05) is 22.8 Å². The summed E-state index contributed by atoms with van der Waals surface area (Å²) in [5, 5.41) is 17.6. The number of nitrogens with zero attached hydrogens (tertiary/aromatic N) is 3. The zero-order valence-electron chi connectivity index (χ0n) is 10.8. The number of rotatable bonds is 3. The highest BCUT2D eigenvalue weighted by Crippen LogP contribution is 2.22. The molecule has 0 atom stereocenters. The molecule has 0 fully saturated rings. The van der Waals surface area contributed by atoms with Gasteiger partial charge in [0.05, 0.1) is 22.3 Å². The van der Waals surface area contributed by atoms with Crippen LogP contribution in [0.2, 0.25) is 5.02 Å². The summed E-state index contributed by atoms with van der Waals surface area (Å²) in [5.41, 5.74) is 5.67. The Balaban J connectivity index is 2.37. The number of nitrogens with two attached hydrogens (primary N) is 1. The van der Waals surface area contributed by atoms with Crippen molar-refractivity contribution in [1.82, 2.24) is 9.78 Å². The van der Waals surface area contributed by atoms with E-state index in [0.29, 0.717) is 0 Å². The van der Waals surface area contributed by atoms with Gasteiger partial charge in [0, 0.05) is 7.05 Å². The normalized spacial score (nSPS) is 11.5. The molecule has 1 amide bonds. The van der Waals surface area contributed by atoms with Gasteiger partial charge in [0.2, 0.25) is 0 Å². The first-order valence-electron chi connectivity index (χ1n) is 5.71. The van der Waals surface area contributed by atoms with E-state index in [1.54, 1.807) is 7.05 Å². The molecule has 0 spiro atoms. The summed E-state index contributed by atoms with van der Waals surface area (Å²) in [5.74, 6) is -1.37. The lowest BCUT2D eigenvalue weighted by molar-refractivity contribution is 0.102. The Kier molecular flexibility index (Phi) is 4.08. The Labute approximate surface area is 123 Å². The monoisotopic (exact) mass is 311 g/mol. The van der Waals surface area contributed by atoms with Gasteiger partial charge in [-0.05, 0) is 12.1 Å². The summed E-state index contributed by atoms with van der Waals surface area (Å²) in [6, 6.07) is 3.88. The molecule has 1 aromatic carbocycles. The number of amides is 1. The number of carbonyl (C=O) groups excluding carboxylic acids is 1. The third-order valence-corrected chi connectivity index (χ3v) is 3.13. The largest absolute Gasteiger partial charge is 0.409 e. The Bertz CT molecular complexity index is 728. The van der Waals surface area contributed by atoms with Crippen LogP contribution in [0.25, 0.3) is 0 Å². The van der Waals surface area contributed by atoms with E-state index in [1.807, 2.05) is 0 Å². The van der Waals surface area contributed by atoms with E-state index in [1.165, 1.54) is 23.0 Å². The summed E-state index contributed by atoms with van der Waals surface area (Å²) in [6.07, 6.45) is 1.32. The number of aromatic nitrogens is 2. The first-order valence-corrected chi connectivity index (χ1v) is 6.08. The Morgan fingerprint density at radius 2 is 2.24 bits per heavy atom. The molecule has 2 rings (SSSR count). The second-order valence-electron chi connectivity index (χ2n) is 4.07. The van der Waals surface area contributed by atoms with Crippen LogP contribution >= 0.6 is 11.6 Å². The average Bonchev–Trinajstić information content (AvgIpc) is 2.82. The van der Waals surface area contributed by atoms with Gasteiger partial charge in [-0.3, -0.25) is 9.48 Å². The maximum Gasteiger partial charge on any atom is 0.258 e. The van der Waals surface area contributed by atoms with E-state index in [9.17, 15) is 9.18 Å². The van der Waals surface area contributed by atoms with E-state index >= 15 is 0 Å². The van der Waals surface area contributed by atoms with Crippen molar-refractivity contribution < 1.29 is 14.4 Å². The summed E-state index contributed by atoms with van der Waals surface area (Å²) >= 11 is 5.75. The lowest BCUT2D eigenvalue weighted by Crippen LogP contribution is -2.20. The van der Waals surface area contributed by atoms with Gasteiger partial charge in [-0.25, -0.2) is 4.39 Å². The molecule has 0 aliphatic rings. The van der Waals surface area contributed by atoms with E-state index < -0.39 is 11.7 Å². The average molecular weight is 312 g/mol. The topological polar surface area (TPSA) is 106 Å². The van der Waals surface area contributed by atoms with Crippen LogP contribution < -0.4 is 11.1 Å². The van der Waals surface area contributed by atoms with Gasteiger partial charge < -0.3 is 16.3 Å². The van der Waals surface area contributed by atoms with Crippen molar-refractivity contribution in [3.63, 3.8) is 0 Å². The van der Waals surface area contributed by atoms with Crippen molar-refractivity contribution in [3.8, 4) is 0 Å². The van der Waals surface area contributed by atoms with Crippen LogP contribution in [0.3, 0.4) is 0 Å². The lowest BCUT2D eigenvalue weighted by atomic mass is 10.2. The molecule has 0 saturated carbocycles. The third-order valence-electron chi connectivity index (χ3n) is 2.75. The van der Waals surface area contributed by atoms with Gasteiger partial charge in [0.25, 0.3) is 5.91 Å². The molecule has 4 N–H and O–H groups in total. The molecule has 7 nitrogen and oxygen atoms in total. The highest BCUT2D eigenvalue weighted by atomic mass is 35.5. The fraction of sp³-hybridized carbons (Fsp3) is 0.0833. The summed E-state index contributed by atoms with van der Waals surface area (Å²) in [4.78, 5) is 12.2. The number of aryl methyl sites for hydroxylation is 1. The molecule has 0 bridgehead atoms. The van der Waals surface area contributed by atoms with Gasteiger partial charge in [-0.2, -0.15) is 5.10 Å². The van der Waals surface area contributed by atoms with Crippen LogP contribution in [0.15, 0.2) is 29.6 Å². The SMILES string of the molecule is Cn1ncc(/C(N)=N/O)c1NC(=O)c1cccc(F)c1Cl. The van der Waals surface area contributed by atoms with Crippen LogP contribution in [0.5, 0.6) is 0 Å². The number of oxime groups is 1.